The van der Waals surface area contributed by atoms with E-state index < -0.39 is 0 Å². The van der Waals surface area contributed by atoms with E-state index in [2.05, 4.69) is 5.43 Å². The van der Waals surface area contributed by atoms with Gasteiger partial charge in [0.25, 0.3) is 0 Å². The quantitative estimate of drug-likeness (QED) is 0.639. The van der Waals surface area contributed by atoms with Gasteiger partial charge in [-0.2, -0.15) is 0 Å². The van der Waals surface area contributed by atoms with Gasteiger partial charge < -0.3 is 4.74 Å². The van der Waals surface area contributed by atoms with Crippen LogP contribution in [0.2, 0.25) is 5.02 Å². The van der Waals surface area contributed by atoms with Crippen molar-refractivity contribution < 1.29 is 9.13 Å². The summed E-state index contributed by atoms with van der Waals surface area (Å²) >= 11 is 6.01. The predicted molar refractivity (Wildman–Crippen MR) is 69.8 cm³/mol. The largest absolute Gasteiger partial charge is 0.378 e. The van der Waals surface area contributed by atoms with Gasteiger partial charge in [-0.25, -0.2) is 4.39 Å². The highest BCUT2D eigenvalue weighted by molar-refractivity contribution is 6.31. The van der Waals surface area contributed by atoms with Gasteiger partial charge >= 0.3 is 0 Å². The van der Waals surface area contributed by atoms with E-state index in [0.717, 1.165) is 31.4 Å². The number of nitrogens with two attached hydrogens (primary N) is 1. The highest BCUT2D eigenvalue weighted by Crippen LogP contribution is 2.22. The first-order valence-corrected chi connectivity index (χ1v) is 6.58. The van der Waals surface area contributed by atoms with E-state index >= 15 is 0 Å². The van der Waals surface area contributed by atoms with Crippen molar-refractivity contribution in [1.82, 2.24) is 5.43 Å². The van der Waals surface area contributed by atoms with E-state index in [1.54, 1.807) is 6.07 Å². The minimum Gasteiger partial charge on any atom is -0.378 e. The first-order valence-electron chi connectivity index (χ1n) is 6.20. The zero-order valence-electron chi connectivity index (χ0n) is 10.2. The van der Waals surface area contributed by atoms with Gasteiger partial charge in [-0.05, 0) is 43.4 Å². The number of benzene rings is 1. The second-order valence-corrected chi connectivity index (χ2v) is 5.08. The first kappa shape index (κ1) is 13.7. The standard InChI is InChI=1S/C13H18ClFN2O/c14-13-7-10(15)4-3-9(13)6-11(17-16)8-12-2-1-5-18-12/h3-4,7,11-12,17H,1-2,5-6,8,16H2. The Balaban J connectivity index is 1.96. The molecule has 1 aliphatic heterocycles. The van der Waals surface area contributed by atoms with Crippen LogP contribution in [0.5, 0.6) is 0 Å². The van der Waals surface area contributed by atoms with Gasteiger partial charge in [0.05, 0.1) is 6.10 Å². The summed E-state index contributed by atoms with van der Waals surface area (Å²) in [5.41, 5.74) is 3.69. The average Bonchev–Trinajstić information content (AvgIpc) is 2.84. The molecule has 0 aliphatic carbocycles. The van der Waals surface area contributed by atoms with Gasteiger partial charge in [0.1, 0.15) is 5.82 Å². The van der Waals surface area contributed by atoms with E-state index in [-0.39, 0.29) is 18.0 Å². The molecular formula is C13H18ClFN2O. The normalized spacial score (nSPS) is 21.2. The zero-order chi connectivity index (χ0) is 13.0. The Bertz CT molecular complexity index is 397. The van der Waals surface area contributed by atoms with E-state index in [1.165, 1.54) is 12.1 Å². The predicted octanol–water partition coefficient (Wildman–Crippen LogP) is 2.42. The molecule has 1 aliphatic rings. The maximum Gasteiger partial charge on any atom is 0.124 e. The second kappa shape index (κ2) is 6.48. The molecule has 100 valence electrons. The van der Waals surface area contributed by atoms with Crippen LogP contribution in [0.4, 0.5) is 4.39 Å². The van der Waals surface area contributed by atoms with Gasteiger partial charge in [-0.1, -0.05) is 17.7 Å². The van der Waals surface area contributed by atoms with Crippen LogP contribution in [-0.2, 0) is 11.2 Å². The van der Waals surface area contributed by atoms with Crippen molar-refractivity contribution in [2.24, 2.45) is 5.84 Å². The van der Waals surface area contributed by atoms with Crippen LogP contribution in [-0.4, -0.2) is 18.8 Å². The monoisotopic (exact) mass is 272 g/mol. The third-order valence-electron chi connectivity index (χ3n) is 3.29. The maximum absolute atomic E-state index is 12.9. The van der Waals surface area contributed by atoms with Crippen molar-refractivity contribution in [3.8, 4) is 0 Å². The summed E-state index contributed by atoms with van der Waals surface area (Å²) in [6, 6.07) is 4.55. The van der Waals surface area contributed by atoms with Crippen LogP contribution < -0.4 is 11.3 Å². The lowest BCUT2D eigenvalue weighted by molar-refractivity contribution is 0.0946. The van der Waals surface area contributed by atoms with Crippen molar-refractivity contribution in [2.75, 3.05) is 6.61 Å². The number of ether oxygens (including phenoxy) is 1. The van der Waals surface area contributed by atoms with Crippen LogP contribution in [0.1, 0.15) is 24.8 Å². The summed E-state index contributed by atoms with van der Waals surface area (Å²) in [5.74, 6) is 5.24. The van der Waals surface area contributed by atoms with E-state index in [0.29, 0.717) is 11.4 Å². The second-order valence-electron chi connectivity index (χ2n) is 4.67. The summed E-state index contributed by atoms with van der Waals surface area (Å²) in [4.78, 5) is 0. The molecular weight excluding hydrogens is 255 g/mol. The van der Waals surface area contributed by atoms with Crippen LogP contribution in [0.25, 0.3) is 0 Å². The Hall–Kier alpha value is -0.680. The zero-order valence-corrected chi connectivity index (χ0v) is 10.9. The highest BCUT2D eigenvalue weighted by Gasteiger charge is 2.21. The topological polar surface area (TPSA) is 47.3 Å². The van der Waals surface area contributed by atoms with Crippen molar-refractivity contribution in [2.45, 2.75) is 37.8 Å². The number of hydrogen-bond donors (Lipinski definition) is 2. The molecule has 1 saturated heterocycles. The summed E-state index contributed by atoms with van der Waals surface area (Å²) in [7, 11) is 0. The minimum atomic E-state index is -0.319. The molecule has 2 atom stereocenters. The maximum atomic E-state index is 12.9. The van der Waals surface area contributed by atoms with Crippen molar-refractivity contribution in [1.29, 1.82) is 0 Å². The van der Waals surface area contributed by atoms with Gasteiger partial charge in [0.15, 0.2) is 0 Å². The highest BCUT2D eigenvalue weighted by atomic mass is 35.5. The number of halogens is 2. The van der Waals surface area contributed by atoms with Gasteiger partial charge in [-0.15, -0.1) is 0 Å². The molecule has 18 heavy (non-hydrogen) atoms. The molecule has 2 unspecified atom stereocenters. The fourth-order valence-electron chi connectivity index (χ4n) is 2.31. The molecule has 0 saturated carbocycles. The Kier molecular flexibility index (Phi) is 4.95. The lowest BCUT2D eigenvalue weighted by Crippen LogP contribution is -2.39. The molecule has 0 aromatic heterocycles. The number of hydrazine groups is 1. The third kappa shape index (κ3) is 3.65. The molecule has 1 aromatic rings. The summed E-state index contributed by atoms with van der Waals surface area (Å²) < 4.78 is 18.5. The Morgan fingerprint density at radius 2 is 2.39 bits per heavy atom. The molecule has 0 amide bonds. The molecule has 0 spiro atoms. The molecule has 0 radical (unpaired) electrons. The lowest BCUT2D eigenvalue weighted by Gasteiger charge is -2.20. The first-order chi connectivity index (χ1) is 8.69. The fraction of sp³-hybridized carbons (Fsp3) is 0.538. The summed E-state index contributed by atoms with van der Waals surface area (Å²) in [5, 5.41) is 0.447. The molecule has 0 bridgehead atoms. The van der Waals surface area contributed by atoms with Crippen molar-refractivity contribution in [3.63, 3.8) is 0 Å². The molecule has 1 fully saturated rings. The van der Waals surface area contributed by atoms with E-state index in [1.807, 2.05) is 0 Å². The fourth-order valence-corrected chi connectivity index (χ4v) is 2.55. The number of hydrogen-bond acceptors (Lipinski definition) is 3. The smallest absolute Gasteiger partial charge is 0.124 e. The molecule has 2 rings (SSSR count). The number of rotatable bonds is 5. The summed E-state index contributed by atoms with van der Waals surface area (Å²) in [6.07, 6.45) is 3.99. The average molecular weight is 273 g/mol. The van der Waals surface area contributed by atoms with E-state index in [4.69, 9.17) is 22.2 Å². The Morgan fingerprint density at radius 1 is 1.56 bits per heavy atom. The van der Waals surface area contributed by atoms with Crippen LogP contribution in [0, 0.1) is 5.82 Å². The SMILES string of the molecule is NNC(Cc1ccc(F)cc1Cl)CC1CCCO1. The van der Waals surface area contributed by atoms with Gasteiger partial charge in [0, 0.05) is 17.7 Å². The Labute approximate surface area is 111 Å². The van der Waals surface area contributed by atoms with Crippen molar-refractivity contribution in [3.05, 3.63) is 34.6 Å². The molecule has 3 nitrogen and oxygen atoms in total. The van der Waals surface area contributed by atoms with Gasteiger partial charge in [0.2, 0.25) is 0 Å². The van der Waals surface area contributed by atoms with E-state index in [9.17, 15) is 4.39 Å². The molecule has 1 heterocycles. The van der Waals surface area contributed by atoms with Crippen LogP contribution >= 0.6 is 11.6 Å². The molecule has 3 N–H and O–H groups in total. The molecule has 5 heteroatoms. The third-order valence-corrected chi connectivity index (χ3v) is 3.64. The minimum absolute atomic E-state index is 0.0936. The number of nitrogens with one attached hydrogen (secondary N) is 1. The van der Waals surface area contributed by atoms with Crippen molar-refractivity contribution >= 4 is 11.6 Å². The van der Waals surface area contributed by atoms with Gasteiger partial charge in [-0.3, -0.25) is 11.3 Å². The lowest BCUT2D eigenvalue weighted by atomic mass is 10.00. The Morgan fingerprint density at radius 3 is 3.00 bits per heavy atom. The summed E-state index contributed by atoms with van der Waals surface area (Å²) in [6.45, 7) is 0.833. The van der Waals surface area contributed by atoms with Crippen LogP contribution in [0.3, 0.4) is 0 Å². The molecule has 1 aromatic carbocycles. The van der Waals surface area contributed by atoms with Crippen LogP contribution in [0.15, 0.2) is 18.2 Å².